The highest BCUT2D eigenvalue weighted by atomic mass is 19.1. The number of hydrogen-bond acceptors (Lipinski definition) is 2. The Morgan fingerprint density at radius 2 is 1.82 bits per heavy atom. The molecule has 1 amide bonds. The molecule has 1 aromatic rings. The largest absolute Gasteiger partial charge is 0.344 e. The maximum atomic E-state index is 13.1. The lowest BCUT2D eigenvalue weighted by molar-refractivity contribution is -0.132. The first kappa shape index (κ1) is 15.5. The van der Waals surface area contributed by atoms with Gasteiger partial charge in [0.25, 0.3) is 0 Å². The number of carbonyl (C=O) groups is 1. The fourth-order valence-corrected chi connectivity index (χ4v) is 3.46. The molecule has 3 nitrogen and oxygen atoms in total. The number of carbonyl (C=O) groups excluding carboxylic acids is 1. The molecule has 0 radical (unpaired) electrons. The fourth-order valence-electron chi connectivity index (χ4n) is 3.46. The highest BCUT2D eigenvalue weighted by molar-refractivity contribution is 5.91. The molecule has 1 saturated heterocycles. The van der Waals surface area contributed by atoms with Crippen molar-refractivity contribution in [2.75, 3.05) is 33.2 Å². The second kappa shape index (κ2) is 6.37. The third-order valence-electron chi connectivity index (χ3n) is 5.10. The van der Waals surface area contributed by atoms with Crippen LogP contribution in [0.3, 0.4) is 0 Å². The van der Waals surface area contributed by atoms with Crippen molar-refractivity contribution in [2.24, 2.45) is 0 Å². The Hall–Kier alpha value is -1.42. The van der Waals surface area contributed by atoms with Crippen molar-refractivity contribution >= 4 is 5.91 Å². The molecule has 2 aliphatic rings. The topological polar surface area (TPSA) is 23.6 Å². The molecule has 1 aliphatic carbocycles. The number of benzene rings is 1. The van der Waals surface area contributed by atoms with Crippen LogP contribution in [-0.2, 0) is 10.2 Å². The van der Waals surface area contributed by atoms with E-state index in [-0.39, 0.29) is 17.1 Å². The molecule has 120 valence electrons. The molecule has 0 N–H and O–H groups in total. The predicted octanol–water partition coefficient (Wildman–Crippen LogP) is 2.80. The Morgan fingerprint density at radius 3 is 2.41 bits per heavy atom. The van der Waals surface area contributed by atoms with Crippen molar-refractivity contribution in [2.45, 2.75) is 37.5 Å². The Bertz CT molecular complexity index is 518. The second-order valence-electron chi connectivity index (χ2n) is 6.72. The van der Waals surface area contributed by atoms with E-state index in [2.05, 4.69) is 4.90 Å². The van der Waals surface area contributed by atoms with Gasteiger partial charge in [0.2, 0.25) is 5.91 Å². The van der Waals surface area contributed by atoms with Gasteiger partial charge in [-0.3, -0.25) is 4.79 Å². The first-order valence-corrected chi connectivity index (χ1v) is 8.36. The number of likely N-dealkylation sites (tertiary alicyclic amines) is 1. The van der Waals surface area contributed by atoms with Crippen molar-refractivity contribution < 1.29 is 9.18 Å². The monoisotopic (exact) mass is 304 g/mol. The lowest BCUT2D eigenvalue weighted by Gasteiger charge is -2.30. The van der Waals surface area contributed by atoms with Crippen LogP contribution in [0.2, 0.25) is 0 Å². The summed E-state index contributed by atoms with van der Waals surface area (Å²) in [6.07, 6.45) is 5.64. The summed E-state index contributed by atoms with van der Waals surface area (Å²) >= 11 is 0. The van der Waals surface area contributed by atoms with Gasteiger partial charge in [0.15, 0.2) is 0 Å². The van der Waals surface area contributed by atoms with E-state index in [0.717, 1.165) is 44.6 Å². The molecule has 0 aromatic heterocycles. The fraction of sp³-hybridized carbons (Fsp3) is 0.611. The molecular formula is C18H25FN2O. The summed E-state index contributed by atoms with van der Waals surface area (Å²) in [7, 11) is 1.90. The first-order chi connectivity index (χ1) is 10.6. The molecule has 4 heteroatoms. The van der Waals surface area contributed by atoms with Gasteiger partial charge in [-0.1, -0.05) is 18.6 Å². The van der Waals surface area contributed by atoms with E-state index < -0.39 is 0 Å². The third-order valence-corrected chi connectivity index (χ3v) is 5.10. The summed E-state index contributed by atoms with van der Waals surface area (Å²) in [6, 6.07) is 6.43. The van der Waals surface area contributed by atoms with Crippen molar-refractivity contribution in [3.8, 4) is 0 Å². The Labute approximate surface area is 132 Å². The minimum absolute atomic E-state index is 0.191. The van der Waals surface area contributed by atoms with Gasteiger partial charge in [0, 0.05) is 20.1 Å². The van der Waals surface area contributed by atoms with Gasteiger partial charge in [-0.05, 0) is 56.5 Å². The van der Waals surface area contributed by atoms with Gasteiger partial charge in [-0.25, -0.2) is 4.39 Å². The number of piperidine rings is 1. The van der Waals surface area contributed by atoms with Crippen molar-refractivity contribution in [1.29, 1.82) is 0 Å². The number of hydrogen-bond donors (Lipinski definition) is 0. The van der Waals surface area contributed by atoms with Crippen LogP contribution in [0, 0.1) is 5.82 Å². The van der Waals surface area contributed by atoms with E-state index in [1.54, 1.807) is 12.1 Å². The third kappa shape index (κ3) is 3.17. The molecule has 0 spiro atoms. The second-order valence-corrected chi connectivity index (χ2v) is 6.72. The van der Waals surface area contributed by atoms with Crippen LogP contribution in [0.15, 0.2) is 24.3 Å². The number of nitrogens with zero attached hydrogens (tertiary/aromatic N) is 2. The molecule has 2 fully saturated rings. The predicted molar refractivity (Wildman–Crippen MR) is 85.2 cm³/mol. The van der Waals surface area contributed by atoms with Crippen LogP contribution in [0.25, 0.3) is 0 Å². The van der Waals surface area contributed by atoms with Gasteiger partial charge in [0.1, 0.15) is 5.82 Å². The average Bonchev–Trinajstić information content (AvgIpc) is 3.35. The van der Waals surface area contributed by atoms with E-state index in [1.165, 1.54) is 31.4 Å². The normalized spacial score (nSPS) is 20.6. The van der Waals surface area contributed by atoms with Crippen LogP contribution in [0.4, 0.5) is 4.39 Å². The zero-order valence-corrected chi connectivity index (χ0v) is 13.4. The zero-order valence-electron chi connectivity index (χ0n) is 13.4. The Morgan fingerprint density at radius 1 is 1.18 bits per heavy atom. The van der Waals surface area contributed by atoms with E-state index in [4.69, 9.17) is 0 Å². The van der Waals surface area contributed by atoms with Crippen LogP contribution in [0.5, 0.6) is 0 Å². The van der Waals surface area contributed by atoms with Crippen molar-refractivity contribution in [3.05, 3.63) is 35.6 Å². The van der Waals surface area contributed by atoms with E-state index in [1.807, 2.05) is 11.9 Å². The maximum Gasteiger partial charge on any atom is 0.233 e. The minimum atomic E-state index is -0.385. The molecule has 3 rings (SSSR count). The molecule has 0 unspecified atom stereocenters. The molecule has 22 heavy (non-hydrogen) atoms. The number of halogens is 1. The Balaban J connectivity index is 1.59. The summed E-state index contributed by atoms with van der Waals surface area (Å²) in [4.78, 5) is 17.1. The Kier molecular flexibility index (Phi) is 4.48. The van der Waals surface area contributed by atoms with Crippen molar-refractivity contribution in [1.82, 2.24) is 9.80 Å². The molecule has 1 aliphatic heterocycles. The molecule has 1 heterocycles. The summed E-state index contributed by atoms with van der Waals surface area (Å²) in [5.74, 6) is -0.0541. The zero-order chi connectivity index (χ0) is 15.6. The van der Waals surface area contributed by atoms with E-state index >= 15 is 0 Å². The number of rotatable bonds is 5. The first-order valence-electron chi connectivity index (χ1n) is 8.36. The molecular weight excluding hydrogens is 279 g/mol. The smallest absolute Gasteiger partial charge is 0.233 e. The van der Waals surface area contributed by atoms with Crippen LogP contribution in [-0.4, -0.2) is 48.9 Å². The lowest BCUT2D eigenvalue weighted by atomic mass is 9.94. The highest BCUT2D eigenvalue weighted by Crippen LogP contribution is 2.49. The summed E-state index contributed by atoms with van der Waals surface area (Å²) in [5.41, 5.74) is 0.577. The molecule has 0 bridgehead atoms. The molecule has 0 atom stereocenters. The van der Waals surface area contributed by atoms with Crippen LogP contribution >= 0.6 is 0 Å². The lowest BCUT2D eigenvalue weighted by Crippen LogP contribution is -2.42. The standard InChI is InChI=1S/C18H25FN2O/c1-20(13-14-21-11-3-2-4-12-21)17(22)18(9-10-18)15-5-7-16(19)8-6-15/h5-8H,2-4,9-14H2,1H3. The summed E-state index contributed by atoms with van der Waals surface area (Å²) in [6.45, 7) is 4.06. The highest BCUT2D eigenvalue weighted by Gasteiger charge is 2.52. The maximum absolute atomic E-state index is 13.1. The van der Waals surface area contributed by atoms with E-state index in [0.29, 0.717) is 0 Å². The average molecular weight is 304 g/mol. The van der Waals surface area contributed by atoms with Crippen molar-refractivity contribution in [3.63, 3.8) is 0 Å². The van der Waals surface area contributed by atoms with Crippen LogP contribution < -0.4 is 0 Å². The number of likely N-dealkylation sites (N-methyl/N-ethyl adjacent to an activating group) is 1. The summed E-state index contributed by atoms with van der Waals surface area (Å²) in [5, 5.41) is 0. The summed E-state index contributed by atoms with van der Waals surface area (Å²) < 4.78 is 13.1. The minimum Gasteiger partial charge on any atom is -0.344 e. The number of amides is 1. The molecule has 1 saturated carbocycles. The van der Waals surface area contributed by atoms with Crippen LogP contribution in [0.1, 0.15) is 37.7 Å². The van der Waals surface area contributed by atoms with Gasteiger partial charge < -0.3 is 9.80 Å². The quantitative estimate of drug-likeness (QED) is 0.835. The van der Waals surface area contributed by atoms with Gasteiger partial charge in [-0.15, -0.1) is 0 Å². The molecule has 1 aromatic carbocycles. The SMILES string of the molecule is CN(CCN1CCCCC1)C(=O)C1(c2ccc(F)cc2)CC1. The van der Waals surface area contributed by atoms with Gasteiger partial charge >= 0.3 is 0 Å². The van der Waals surface area contributed by atoms with E-state index in [9.17, 15) is 9.18 Å². The van der Waals surface area contributed by atoms with Gasteiger partial charge in [0.05, 0.1) is 5.41 Å². The van der Waals surface area contributed by atoms with Gasteiger partial charge in [-0.2, -0.15) is 0 Å².